The van der Waals surface area contributed by atoms with Gasteiger partial charge in [-0.15, -0.1) is 11.3 Å². The Labute approximate surface area is 153 Å². The molecule has 3 rings (SSSR count). The van der Waals surface area contributed by atoms with Crippen LogP contribution in [0.3, 0.4) is 0 Å². The van der Waals surface area contributed by atoms with Crippen LogP contribution in [-0.2, 0) is 17.8 Å². The van der Waals surface area contributed by atoms with Gasteiger partial charge in [0.15, 0.2) is 0 Å². The van der Waals surface area contributed by atoms with Gasteiger partial charge in [-0.3, -0.25) is 4.79 Å². The summed E-state index contributed by atoms with van der Waals surface area (Å²) >= 11 is 1.81. The third-order valence-corrected chi connectivity index (χ3v) is 5.92. The minimum absolute atomic E-state index is 0.192. The predicted molar refractivity (Wildman–Crippen MR) is 102 cm³/mol. The van der Waals surface area contributed by atoms with Gasteiger partial charge < -0.3 is 15.0 Å². The van der Waals surface area contributed by atoms with E-state index in [1.807, 2.05) is 40.5 Å². The van der Waals surface area contributed by atoms with Gasteiger partial charge in [0.2, 0.25) is 5.91 Å². The molecule has 1 amide bonds. The summed E-state index contributed by atoms with van der Waals surface area (Å²) in [6, 6.07) is 10.4. The quantitative estimate of drug-likeness (QED) is 0.861. The van der Waals surface area contributed by atoms with Crippen molar-refractivity contribution in [1.29, 1.82) is 0 Å². The van der Waals surface area contributed by atoms with Crippen LogP contribution in [-0.4, -0.2) is 37.0 Å². The molecule has 134 valence electrons. The maximum atomic E-state index is 12.6. The molecule has 0 spiro atoms. The van der Waals surface area contributed by atoms with E-state index in [2.05, 4.69) is 23.7 Å². The minimum atomic E-state index is 0.192. The number of methoxy groups -OCH3 is 1. The molecule has 4 nitrogen and oxygen atoms in total. The maximum Gasteiger partial charge on any atom is 0.227 e. The van der Waals surface area contributed by atoms with Crippen molar-refractivity contribution in [2.45, 2.75) is 38.8 Å². The number of carbonyl (C=O) groups excluding carboxylic acids is 1. The summed E-state index contributed by atoms with van der Waals surface area (Å²) in [5.74, 6) is 0.982. The second-order valence-corrected chi connectivity index (χ2v) is 7.55. The number of piperidine rings is 1. The maximum absolute atomic E-state index is 12.6. The van der Waals surface area contributed by atoms with Crippen LogP contribution in [0.2, 0.25) is 0 Å². The molecule has 1 saturated heterocycles. The average Bonchev–Trinajstić information content (AvgIpc) is 3.06. The van der Waals surface area contributed by atoms with Gasteiger partial charge in [-0.05, 0) is 42.8 Å². The number of para-hydroxylation sites is 1. The van der Waals surface area contributed by atoms with Crippen molar-refractivity contribution in [1.82, 2.24) is 10.2 Å². The van der Waals surface area contributed by atoms with Gasteiger partial charge in [0.25, 0.3) is 0 Å². The molecule has 1 fully saturated rings. The fourth-order valence-electron chi connectivity index (χ4n) is 3.28. The number of hydrogen-bond donors (Lipinski definition) is 1. The number of aryl methyl sites for hydroxylation is 1. The SMILES string of the molecule is COc1ccccc1CC(=O)N1CCC(NCc2sccc2C)CC1. The predicted octanol–water partition coefficient (Wildman–Crippen LogP) is 3.39. The first-order valence-corrected chi connectivity index (χ1v) is 9.71. The van der Waals surface area contributed by atoms with E-state index in [1.165, 1.54) is 10.4 Å². The van der Waals surface area contributed by atoms with Crippen LogP contribution in [0.25, 0.3) is 0 Å². The first-order valence-electron chi connectivity index (χ1n) is 8.83. The Morgan fingerprint density at radius 1 is 1.28 bits per heavy atom. The highest BCUT2D eigenvalue weighted by molar-refractivity contribution is 7.10. The molecule has 1 aliphatic heterocycles. The van der Waals surface area contributed by atoms with Gasteiger partial charge in [0, 0.05) is 36.1 Å². The molecule has 0 radical (unpaired) electrons. The van der Waals surface area contributed by atoms with E-state index in [4.69, 9.17) is 4.74 Å². The van der Waals surface area contributed by atoms with Crippen molar-refractivity contribution >= 4 is 17.2 Å². The first-order chi connectivity index (χ1) is 12.2. The summed E-state index contributed by atoms with van der Waals surface area (Å²) in [5, 5.41) is 5.79. The second-order valence-electron chi connectivity index (χ2n) is 6.55. The van der Waals surface area contributed by atoms with Gasteiger partial charge in [0.05, 0.1) is 13.5 Å². The van der Waals surface area contributed by atoms with Gasteiger partial charge in [0.1, 0.15) is 5.75 Å². The van der Waals surface area contributed by atoms with Gasteiger partial charge in [-0.25, -0.2) is 0 Å². The number of nitrogens with one attached hydrogen (secondary N) is 1. The Balaban J connectivity index is 1.47. The minimum Gasteiger partial charge on any atom is -0.496 e. The van der Waals surface area contributed by atoms with E-state index in [0.29, 0.717) is 12.5 Å². The van der Waals surface area contributed by atoms with E-state index < -0.39 is 0 Å². The zero-order chi connectivity index (χ0) is 17.6. The summed E-state index contributed by atoms with van der Waals surface area (Å²) in [6.07, 6.45) is 2.45. The molecular weight excluding hydrogens is 332 g/mol. The van der Waals surface area contributed by atoms with Crippen LogP contribution in [0.4, 0.5) is 0 Å². The molecule has 2 heterocycles. The van der Waals surface area contributed by atoms with Crippen molar-refractivity contribution < 1.29 is 9.53 Å². The van der Waals surface area contributed by atoms with Crippen LogP contribution < -0.4 is 10.1 Å². The van der Waals surface area contributed by atoms with Crippen molar-refractivity contribution in [2.24, 2.45) is 0 Å². The normalized spacial score (nSPS) is 15.4. The number of rotatable bonds is 6. The monoisotopic (exact) mass is 358 g/mol. The van der Waals surface area contributed by atoms with Crippen LogP contribution in [0.15, 0.2) is 35.7 Å². The number of thiophene rings is 1. The zero-order valence-corrected chi connectivity index (χ0v) is 15.8. The molecule has 1 aliphatic rings. The standard InChI is InChI=1S/C20H26N2O2S/c1-15-9-12-25-19(15)14-21-17-7-10-22(11-8-17)20(23)13-16-5-3-4-6-18(16)24-2/h3-6,9,12,17,21H,7-8,10-11,13-14H2,1-2H3. The lowest BCUT2D eigenvalue weighted by Gasteiger charge is -2.32. The Kier molecular flexibility index (Phi) is 6.10. The average molecular weight is 359 g/mol. The Bertz CT molecular complexity index is 705. The Morgan fingerprint density at radius 2 is 2.04 bits per heavy atom. The van der Waals surface area contributed by atoms with Crippen LogP contribution >= 0.6 is 11.3 Å². The number of nitrogens with zero attached hydrogens (tertiary/aromatic N) is 1. The number of likely N-dealkylation sites (tertiary alicyclic amines) is 1. The van der Waals surface area contributed by atoms with Crippen molar-refractivity contribution in [3.63, 3.8) is 0 Å². The highest BCUT2D eigenvalue weighted by atomic mass is 32.1. The molecule has 1 aromatic heterocycles. The molecule has 5 heteroatoms. The lowest BCUT2D eigenvalue weighted by Crippen LogP contribution is -2.45. The molecule has 1 aromatic carbocycles. The molecule has 0 aliphatic carbocycles. The summed E-state index contributed by atoms with van der Waals surface area (Å²) in [5.41, 5.74) is 2.32. The summed E-state index contributed by atoms with van der Waals surface area (Å²) in [7, 11) is 1.65. The van der Waals surface area contributed by atoms with E-state index in [0.717, 1.165) is 43.8 Å². The van der Waals surface area contributed by atoms with E-state index in [1.54, 1.807) is 7.11 Å². The van der Waals surface area contributed by atoms with Crippen LogP contribution in [0.1, 0.15) is 28.8 Å². The smallest absolute Gasteiger partial charge is 0.227 e. The molecule has 2 aromatic rings. The lowest BCUT2D eigenvalue weighted by molar-refractivity contribution is -0.131. The van der Waals surface area contributed by atoms with Crippen molar-refractivity contribution in [2.75, 3.05) is 20.2 Å². The van der Waals surface area contributed by atoms with Crippen LogP contribution in [0.5, 0.6) is 5.75 Å². The summed E-state index contributed by atoms with van der Waals surface area (Å²) in [4.78, 5) is 16.0. The third-order valence-electron chi connectivity index (χ3n) is 4.90. The van der Waals surface area contributed by atoms with E-state index >= 15 is 0 Å². The van der Waals surface area contributed by atoms with Crippen molar-refractivity contribution in [3.05, 3.63) is 51.7 Å². The molecular formula is C20H26N2O2S. The molecule has 0 saturated carbocycles. The third kappa shape index (κ3) is 4.61. The molecule has 0 unspecified atom stereocenters. The Hall–Kier alpha value is -1.85. The number of carbonyl (C=O) groups is 1. The molecule has 0 bridgehead atoms. The molecule has 0 atom stereocenters. The zero-order valence-electron chi connectivity index (χ0n) is 15.0. The molecule has 1 N–H and O–H groups in total. The largest absolute Gasteiger partial charge is 0.496 e. The lowest BCUT2D eigenvalue weighted by atomic mass is 10.0. The number of hydrogen-bond acceptors (Lipinski definition) is 4. The van der Waals surface area contributed by atoms with Crippen LogP contribution in [0, 0.1) is 6.92 Å². The number of amides is 1. The summed E-state index contributed by atoms with van der Waals surface area (Å²) in [6.45, 7) is 4.75. The van der Waals surface area contributed by atoms with E-state index in [-0.39, 0.29) is 5.91 Å². The Morgan fingerprint density at radius 3 is 2.72 bits per heavy atom. The van der Waals surface area contributed by atoms with Gasteiger partial charge >= 0.3 is 0 Å². The number of benzene rings is 1. The van der Waals surface area contributed by atoms with E-state index in [9.17, 15) is 4.79 Å². The molecule has 25 heavy (non-hydrogen) atoms. The fourth-order valence-corrected chi connectivity index (χ4v) is 4.14. The second kappa shape index (κ2) is 8.50. The van der Waals surface area contributed by atoms with Gasteiger partial charge in [-0.2, -0.15) is 0 Å². The summed E-state index contributed by atoms with van der Waals surface area (Å²) < 4.78 is 5.35. The fraction of sp³-hybridized carbons (Fsp3) is 0.450. The highest BCUT2D eigenvalue weighted by Gasteiger charge is 2.23. The van der Waals surface area contributed by atoms with Gasteiger partial charge in [-0.1, -0.05) is 18.2 Å². The highest BCUT2D eigenvalue weighted by Crippen LogP contribution is 2.20. The first kappa shape index (κ1) is 18.0. The topological polar surface area (TPSA) is 41.6 Å². The van der Waals surface area contributed by atoms with Crippen molar-refractivity contribution in [3.8, 4) is 5.75 Å². The number of ether oxygens (including phenoxy) is 1.